The lowest BCUT2D eigenvalue weighted by Gasteiger charge is -2.16. The second-order valence-electron chi connectivity index (χ2n) is 4.86. The molecule has 0 radical (unpaired) electrons. The van der Waals surface area contributed by atoms with Crippen LogP contribution in [-0.2, 0) is 9.53 Å². The first-order valence-corrected chi connectivity index (χ1v) is 7.68. The van der Waals surface area contributed by atoms with Gasteiger partial charge in [-0.25, -0.2) is 4.79 Å². The molecule has 0 aromatic heterocycles. The van der Waals surface area contributed by atoms with Gasteiger partial charge in [0.25, 0.3) is 0 Å². The van der Waals surface area contributed by atoms with Crippen molar-refractivity contribution in [2.24, 2.45) is 4.99 Å². The number of nitrogens with zero attached hydrogens (tertiary/aromatic N) is 1. The van der Waals surface area contributed by atoms with E-state index < -0.39 is 12.1 Å². The van der Waals surface area contributed by atoms with E-state index in [1.165, 1.54) is 10.5 Å². The highest BCUT2D eigenvalue weighted by atomic mass is 32.2. The maximum atomic E-state index is 11.2. The first kappa shape index (κ1) is 15.8. The highest BCUT2D eigenvalue weighted by Crippen LogP contribution is 2.29. The molecule has 1 aliphatic heterocycles. The average molecular weight is 305 g/mol. The van der Waals surface area contributed by atoms with Crippen molar-refractivity contribution in [1.29, 1.82) is 0 Å². The van der Waals surface area contributed by atoms with Gasteiger partial charge in [-0.2, -0.15) is 0 Å². The summed E-state index contributed by atoms with van der Waals surface area (Å²) in [5.74, 6) is -0.969. The normalized spacial score (nSPS) is 16.6. The first-order valence-electron chi connectivity index (χ1n) is 6.86. The van der Waals surface area contributed by atoms with Crippen molar-refractivity contribution >= 4 is 22.8 Å². The molecule has 0 saturated carbocycles. The van der Waals surface area contributed by atoms with Crippen LogP contribution in [0.2, 0.25) is 0 Å². The van der Waals surface area contributed by atoms with E-state index in [1.54, 1.807) is 30.8 Å². The molecule has 0 spiro atoms. The minimum absolute atomic E-state index is 0.366. The average Bonchev–Trinajstić information content (AvgIpc) is 2.47. The highest BCUT2D eigenvalue weighted by molar-refractivity contribution is 8.17. The van der Waals surface area contributed by atoms with Crippen molar-refractivity contribution in [3.63, 3.8) is 0 Å². The number of hydrogen-bond donors (Lipinski definition) is 1. The summed E-state index contributed by atoms with van der Waals surface area (Å²) in [4.78, 5) is 17.0. The number of rotatable bonds is 5. The summed E-state index contributed by atoms with van der Waals surface area (Å²) in [6, 6.07) is 7.41. The lowest BCUT2D eigenvalue weighted by atomic mass is 10.1. The zero-order valence-corrected chi connectivity index (χ0v) is 13.2. The molecule has 0 amide bonds. The molecule has 0 aliphatic carbocycles. The van der Waals surface area contributed by atoms with Gasteiger partial charge < -0.3 is 9.84 Å². The molecule has 0 fully saturated rings. The molecule has 1 unspecified atom stereocenters. The Balaban J connectivity index is 2.18. The number of aliphatic imine (C=N–C) groups is 1. The second kappa shape index (κ2) is 6.91. The molecular weight excluding hydrogens is 286 g/mol. The summed E-state index contributed by atoms with van der Waals surface area (Å²) < 4.78 is 5.26. The van der Waals surface area contributed by atoms with Crippen molar-refractivity contribution in [2.45, 2.75) is 26.9 Å². The highest BCUT2D eigenvalue weighted by Gasteiger charge is 2.20. The molecule has 21 heavy (non-hydrogen) atoms. The quantitative estimate of drug-likeness (QED) is 0.902. The van der Waals surface area contributed by atoms with Crippen LogP contribution in [0.3, 0.4) is 0 Å². The topological polar surface area (TPSA) is 58.9 Å². The van der Waals surface area contributed by atoms with Gasteiger partial charge in [-0.15, -0.1) is 0 Å². The minimum atomic E-state index is -0.969. The van der Waals surface area contributed by atoms with E-state index in [9.17, 15) is 9.90 Å². The SMILES string of the molecule is CCOC(C(=O)O)c1ccc(C2=NCC(C)=C(C)S2)cc1. The van der Waals surface area contributed by atoms with E-state index >= 15 is 0 Å². The fourth-order valence-corrected chi connectivity index (χ4v) is 2.91. The van der Waals surface area contributed by atoms with Crippen molar-refractivity contribution in [3.8, 4) is 0 Å². The molecule has 1 heterocycles. The lowest BCUT2D eigenvalue weighted by Crippen LogP contribution is -2.15. The van der Waals surface area contributed by atoms with Gasteiger partial charge in [0.2, 0.25) is 0 Å². The Hall–Kier alpha value is -1.59. The number of hydrogen-bond acceptors (Lipinski definition) is 4. The summed E-state index contributed by atoms with van der Waals surface area (Å²) in [6.45, 7) is 7.07. The summed E-state index contributed by atoms with van der Waals surface area (Å²) >= 11 is 1.66. The van der Waals surface area contributed by atoms with E-state index in [4.69, 9.17) is 4.74 Å². The predicted octanol–water partition coefficient (Wildman–Crippen LogP) is 3.64. The smallest absolute Gasteiger partial charge is 0.337 e. The zero-order chi connectivity index (χ0) is 15.4. The number of allylic oxidation sites excluding steroid dienone is 1. The van der Waals surface area contributed by atoms with Crippen LogP contribution < -0.4 is 0 Å². The molecular formula is C16H19NO3S. The fourth-order valence-electron chi connectivity index (χ4n) is 1.99. The number of thioether (sulfide) groups is 1. The van der Waals surface area contributed by atoms with E-state index in [2.05, 4.69) is 18.8 Å². The maximum Gasteiger partial charge on any atom is 0.337 e. The first-order chi connectivity index (χ1) is 10.0. The Labute approximate surface area is 128 Å². The standard InChI is InChI=1S/C16H19NO3S/c1-4-20-14(16(18)19)12-5-7-13(8-6-12)15-17-9-10(2)11(3)21-15/h5-8,14H,4,9H2,1-3H3,(H,18,19). The van der Waals surface area contributed by atoms with Gasteiger partial charge in [0.15, 0.2) is 6.10 Å². The van der Waals surface area contributed by atoms with Crippen LogP contribution in [0, 0.1) is 0 Å². The molecule has 1 aromatic rings. The Morgan fingerprint density at radius 3 is 2.57 bits per heavy atom. The lowest BCUT2D eigenvalue weighted by molar-refractivity contribution is -0.150. The number of ether oxygens (including phenoxy) is 1. The van der Waals surface area contributed by atoms with Gasteiger partial charge >= 0.3 is 5.97 Å². The third kappa shape index (κ3) is 3.74. The molecule has 2 rings (SSSR count). The second-order valence-corrected chi connectivity index (χ2v) is 6.06. The molecule has 1 N–H and O–H groups in total. The van der Waals surface area contributed by atoms with Gasteiger partial charge in [0.1, 0.15) is 5.04 Å². The zero-order valence-electron chi connectivity index (χ0n) is 12.4. The van der Waals surface area contributed by atoms with Gasteiger partial charge in [0.05, 0.1) is 6.54 Å². The van der Waals surface area contributed by atoms with E-state index in [0.717, 1.165) is 17.2 Å². The molecule has 1 atom stereocenters. The molecule has 1 aromatic carbocycles. The van der Waals surface area contributed by atoms with Crippen LogP contribution >= 0.6 is 11.8 Å². The molecule has 112 valence electrons. The summed E-state index contributed by atoms with van der Waals surface area (Å²) in [5, 5.41) is 10.2. The van der Waals surface area contributed by atoms with Gasteiger partial charge in [0, 0.05) is 12.2 Å². The van der Waals surface area contributed by atoms with Crippen molar-refractivity contribution in [2.75, 3.05) is 13.2 Å². The Morgan fingerprint density at radius 2 is 2.05 bits per heavy atom. The van der Waals surface area contributed by atoms with Gasteiger partial charge in [-0.1, -0.05) is 36.0 Å². The summed E-state index contributed by atoms with van der Waals surface area (Å²) in [7, 11) is 0. The molecule has 4 nitrogen and oxygen atoms in total. The molecule has 0 saturated heterocycles. The van der Waals surface area contributed by atoms with Crippen molar-refractivity contribution in [1.82, 2.24) is 0 Å². The fraction of sp³-hybridized carbons (Fsp3) is 0.375. The van der Waals surface area contributed by atoms with Gasteiger partial charge in [-0.05, 0) is 36.8 Å². The van der Waals surface area contributed by atoms with Crippen LogP contribution in [0.5, 0.6) is 0 Å². The van der Waals surface area contributed by atoms with Crippen LogP contribution in [0.1, 0.15) is 38.0 Å². The Morgan fingerprint density at radius 1 is 1.38 bits per heavy atom. The number of carbonyl (C=O) groups is 1. The molecule has 5 heteroatoms. The van der Waals surface area contributed by atoms with Crippen LogP contribution in [0.15, 0.2) is 39.7 Å². The van der Waals surface area contributed by atoms with Crippen LogP contribution in [-0.4, -0.2) is 29.3 Å². The summed E-state index contributed by atoms with van der Waals surface area (Å²) in [5.41, 5.74) is 2.96. The Bertz CT molecular complexity index is 590. The summed E-state index contributed by atoms with van der Waals surface area (Å²) in [6.07, 6.45) is -0.908. The number of aliphatic carboxylic acids is 1. The maximum absolute atomic E-state index is 11.2. The molecule has 1 aliphatic rings. The van der Waals surface area contributed by atoms with E-state index in [-0.39, 0.29) is 0 Å². The van der Waals surface area contributed by atoms with Crippen molar-refractivity contribution in [3.05, 3.63) is 45.9 Å². The van der Waals surface area contributed by atoms with E-state index in [1.807, 2.05) is 12.1 Å². The predicted molar refractivity (Wildman–Crippen MR) is 85.8 cm³/mol. The number of carboxylic acids is 1. The minimum Gasteiger partial charge on any atom is -0.479 e. The number of carboxylic acid groups (broad SMARTS) is 1. The van der Waals surface area contributed by atoms with Gasteiger partial charge in [-0.3, -0.25) is 4.99 Å². The van der Waals surface area contributed by atoms with E-state index in [0.29, 0.717) is 12.2 Å². The number of benzene rings is 1. The van der Waals surface area contributed by atoms with Crippen molar-refractivity contribution < 1.29 is 14.6 Å². The van der Waals surface area contributed by atoms with Crippen LogP contribution in [0.4, 0.5) is 0 Å². The largest absolute Gasteiger partial charge is 0.479 e. The monoisotopic (exact) mass is 305 g/mol. The molecule has 0 bridgehead atoms. The van der Waals surface area contributed by atoms with Crippen LogP contribution in [0.25, 0.3) is 0 Å². The third-order valence-electron chi connectivity index (χ3n) is 3.33. The third-order valence-corrected chi connectivity index (χ3v) is 4.54. The Kier molecular flexibility index (Phi) is 5.20.